The highest BCUT2D eigenvalue weighted by atomic mass is 16.3. The second-order valence-corrected chi connectivity index (χ2v) is 5.66. The zero-order chi connectivity index (χ0) is 14.5. The number of nitrogens with one attached hydrogen (secondary N) is 1. The lowest BCUT2D eigenvalue weighted by Crippen LogP contribution is -2.54. The van der Waals surface area contributed by atoms with Gasteiger partial charge in [0.15, 0.2) is 0 Å². The summed E-state index contributed by atoms with van der Waals surface area (Å²) in [5, 5.41) is 11.5. The Hall–Kier alpha value is -1.14. The van der Waals surface area contributed by atoms with E-state index in [2.05, 4.69) is 5.32 Å². The van der Waals surface area contributed by atoms with Gasteiger partial charge in [0.1, 0.15) is 0 Å². The molecule has 1 fully saturated rings. The third kappa shape index (κ3) is 4.80. The van der Waals surface area contributed by atoms with Crippen LogP contribution in [-0.2, 0) is 9.59 Å². The number of amides is 2. The molecule has 4 N–H and O–H groups in total. The van der Waals surface area contributed by atoms with Crippen LogP contribution in [0, 0.1) is 5.92 Å². The summed E-state index contributed by atoms with van der Waals surface area (Å²) in [5.41, 5.74) is 4.94. The first-order valence-corrected chi connectivity index (χ1v) is 6.83. The Labute approximate surface area is 114 Å². The van der Waals surface area contributed by atoms with Crippen molar-refractivity contribution in [2.75, 3.05) is 26.2 Å². The lowest BCUT2D eigenvalue weighted by molar-refractivity contribution is -0.139. The molecule has 0 aromatic heterocycles. The number of hydrogen-bond acceptors (Lipinski definition) is 4. The molecule has 1 aliphatic rings. The standard InChI is InChI=1S/C13H25N3O3/c1-13(2,14)12(19)16-7-4-10(5-8-16)11(18)15-6-3-9-17/h10,17H,3-9,14H2,1-2H3,(H,15,18). The largest absolute Gasteiger partial charge is 0.396 e. The minimum Gasteiger partial charge on any atom is -0.396 e. The predicted octanol–water partition coefficient (Wildman–Crippen LogP) is -0.539. The van der Waals surface area contributed by atoms with Gasteiger partial charge in [-0.1, -0.05) is 0 Å². The first-order chi connectivity index (χ1) is 8.86. The minimum absolute atomic E-state index is 0.0209. The Kier molecular flexibility index (Phi) is 5.75. The van der Waals surface area contributed by atoms with Gasteiger partial charge in [0, 0.05) is 32.2 Å². The molecule has 6 nitrogen and oxygen atoms in total. The Morgan fingerprint density at radius 3 is 2.42 bits per heavy atom. The number of aliphatic hydroxyl groups excluding tert-OH is 1. The highest BCUT2D eigenvalue weighted by Gasteiger charge is 2.32. The van der Waals surface area contributed by atoms with Crippen LogP contribution >= 0.6 is 0 Å². The normalized spacial score (nSPS) is 17.4. The first-order valence-electron chi connectivity index (χ1n) is 6.83. The van der Waals surface area contributed by atoms with Crippen LogP contribution in [0.1, 0.15) is 33.1 Å². The number of rotatable bonds is 5. The fourth-order valence-electron chi connectivity index (χ4n) is 2.19. The lowest BCUT2D eigenvalue weighted by Gasteiger charge is -2.35. The van der Waals surface area contributed by atoms with Gasteiger partial charge in [0.25, 0.3) is 0 Å². The topological polar surface area (TPSA) is 95.7 Å². The number of piperidine rings is 1. The molecule has 110 valence electrons. The Morgan fingerprint density at radius 2 is 1.95 bits per heavy atom. The van der Waals surface area contributed by atoms with Crippen molar-refractivity contribution < 1.29 is 14.7 Å². The summed E-state index contributed by atoms with van der Waals surface area (Å²) in [5.74, 6) is -0.0807. The van der Waals surface area contributed by atoms with Crippen molar-refractivity contribution in [1.82, 2.24) is 10.2 Å². The minimum atomic E-state index is -0.851. The van der Waals surface area contributed by atoms with E-state index < -0.39 is 5.54 Å². The highest BCUT2D eigenvalue weighted by Crippen LogP contribution is 2.19. The van der Waals surface area contributed by atoms with E-state index in [1.165, 1.54) is 0 Å². The molecule has 0 aromatic carbocycles. The molecule has 0 radical (unpaired) electrons. The van der Waals surface area contributed by atoms with Crippen LogP contribution in [0.5, 0.6) is 0 Å². The summed E-state index contributed by atoms with van der Waals surface area (Å²) >= 11 is 0. The summed E-state index contributed by atoms with van der Waals surface area (Å²) in [4.78, 5) is 25.5. The number of aliphatic hydroxyl groups is 1. The summed E-state index contributed by atoms with van der Waals surface area (Å²) < 4.78 is 0. The smallest absolute Gasteiger partial charge is 0.242 e. The van der Waals surface area contributed by atoms with Crippen LogP contribution in [0.4, 0.5) is 0 Å². The fraction of sp³-hybridized carbons (Fsp3) is 0.846. The van der Waals surface area contributed by atoms with Crippen molar-refractivity contribution in [2.45, 2.75) is 38.6 Å². The Morgan fingerprint density at radius 1 is 1.37 bits per heavy atom. The molecule has 6 heteroatoms. The second kappa shape index (κ2) is 6.86. The molecule has 0 unspecified atom stereocenters. The first kappa shape index (κ1) is 15.9. The zero-order valence-electron chi connectivity index (χ0n) is 11.8. The van der Waals surface area contributed by atoms with E-state index in [0.717, 1.165) is 0 Å². The number of nitrogens with two attached hydrogens (primary N) is 1. The number of likely N-dealkylation sites (tertiary alicyclic amines) is 1. The maximum Gasteiger partial charge on any atom is 0.242 e. The zero-order valence-corrected chi connectivity index (χ0v) is 11.8. The van der Waals surface area contributed by atoms with E-state index >= 15 is 0 Å². The molecule has 0 saturated carbocycles. The molecule has 0 aliphatic carbocycles. The number of hydrogen-bond donors (Lipinski definition) is 3. The van der Waals surface area contributed by atoms with Gasteiger partial charge in [0.05, 0.1) is 5.54 Å². The summed E-state index contributed by atoms with van der Waals surface area (Å²) in [6, 6.07) is 0. The molecule has 2 amide bonds. The number of carbonyl (C=O) groups excluding carboxylic acids is 2. The quantitative estimate of drug-likeness (QED) is 0.585. The molecule has 1 aliphatic heterocycles. The maximum absolute atomic E-state index is 12.0. The van der Waals surface area contributed by atoms with E-state index in [1.54, 1.807) is 18.7 Å². The third-order valence-corrected chi connectivity index (χ3v) is 3.34. The summed E-state index contributed by atoms with van der Waals surface area (Å²) in [6.45, 7) is 5.14. The van der Waals surface area contributed by atoms with Crippen molar-refractivity contribution in [3.63, 3.8) is 0 Å². The Bertz CT molecular complexity index is 318. The number of nitrogens with zero attached hydrogens (tertiary/aromatic N) is 1. The van der Waals surface area contributed by atoms with Crippen molar-refractivity contribution >= 4 is 11.8 Å². The van der Waals surface area contributed by atoms with E-state index in [0.29, 0.717) is 38.9 Å². The molecule has 0 atom stereocenters. The molecular formula is C13H25N3O3. The van der Waals surface area contributed by atoms with Gasteiger partial charge in [-0.2, -0.15) is 0 Å². The van der Waals surface area contributed by atoms with E-state index in [-0.39, 0.29) is 24.3 Å². The van der Waals surface area contributed by atoms with Gasteiger partial charge in [-0.05, 0) is 33.1 Å². The average Bonchev–Trinajstić information content (AvgIpc) is 2.37. The molecule has 0 aromatic rings. The fourth-order valence-corrected chi connectivity index (χ4v) is 2.19. The average molecular weight is 271 g/mol. The van der Waals surface area contributed by atoms with Gasteiger partial charge in [-0.3, -0.25) is 9.59 Å². The molecule has 1 rings (SSSR count). The van der Waals surface area contributed by atoms with Crippen LogP contribution in [0.25, 0.3) is 0 Å². The molecule has 19 heavy (non-hydrogen) atoms. The SMILES string of the molecule is CC(C)(N)C(=O)N1CCC(C(=O)NCCCO)CC1. The number of carbonyl (C=O) groups is 2. The van der Waals surface area contributed by atoms with Crippen LogP contribution in [-0.4, -0.2) is 53.6 Å². The van der Waals surface area contributed by atoms with Gasteiger partial charge < -0.3 is 21.1 Å². The van der Waals surface area contributed by atoms with Gasteiger partial charge >= 0.3 is 0 Å². The van der Waals surface area contributed by atoms with Crippen LogP contribution in [0.3, 0.4) is 0 Å². The summed E-state index contributed by atoms with van der Waals surface area (Å²) in [6.07, 6.45) is 1.92. The van der Waals surface area contributed by atoms with Crippen molar-refractivity contribution in [3.8, 4) is 0 Å². The molecule has 1 heterocycles. The van der Waals surface area contributed by atoms with Gasteiger partial charge in [0.2, 0.25) is 11.8 Å². The van der Waals surface area contributed by atoms with Crippen molar-refractivity contribution in [3.05, 3.63) is 0 Å². The lowest BCUT2D eigenvalue weighted by atomic mass is 9.94. The van der Waals surface area contributed by atoms with Crippen LogP contribution < -0.4 is 11.1 Å². The third-order valence-electron chi connectivity index (χ3n) is 3.34. The Balaban J connectivity index is 2.36. The molecular weight excluding hydrogens is 246 g/mol. The molecule has 0 spiro atoms. The van der Waals surface area contributed by atoms with E-state index in [9.17, 15) is 9.59 Å². The van der Waals surface area contributed by atoms with Crippen molar-refractivity contribution in [1.29, 1.82) is 0 Å². The van der Waals surface area contributed by atoms with Crippen LogP contribution in [0.2, 0.25) is 0 Å². The van der Waals surface area contributed by atoms with Gasteiger partial charge in [-0.15, -0.1) is 0 Å². The predicted molar refractivity (Wildman–Crippen MR) is 72.3 cm³/mol. The van der Waals surface area contributed by atoms with E-state index in [1.807, 2.05) is 0 Å². The van der Waals surface area contributed by atoms with Crippen molar-refractivity contribution in [2.24, 2.45) is 11.7 Å². The second-order valence-electron chi connectivity index (χ2n) is 5.66. The van der Waals surface area contributed by atoms with Crippen LogP contribution in [0.15, 0.2) is 0 Å². The summed E-state index contributed by atoms with van der Waals surface area (Å²) in [7, 11) is 0. The molecule has 1 saturated heterocycles. The monoisotopic (exact) mass is 271 g/mol. The molecule has 0 bridgehead atoms. The van der Waals surface area contributed by atoms with E-state index in [4.69, 9.17) is 10.8 Å². The highest BCUT2D eigenvalue weighted by molar-refractivity contribution is 5.85. The maximum atomic E-state index is 12.0. The van der Waals surface area contributed by atoms with Gasteiger partial charge in [-0.25, -0.2) is 0 Å².